The highest BCUT2D eigenvalue weighted by molar-refractivity contribution is 14.1. The minimum atomic E-state index is -0.779. The van der Waals surface area contributed by atoms with Crippen molar-refractivity contribution in [3.63, 3.8) is 0 Å². The lowest BCUT2D eigenvalue weighted by Gasteiger charge is -2.31. The SMILES string of the molecule is CC(c1cnc(Cl)cc1I)C(C)(C)OC(N)=O. The molecule has 2 N–H and O–H groups in total. The molecule has 0 aliphatic carbocycles. The van der Waals surface area contributed by atoms with Gasteiger partial charge in [0.1, 0.15) is 10.8 Å². The van der Waals surface area contributed by atoms with Crippen LogP contribution in [0.1, 0.15) is 32.3 Å². The molecule has 0 bridgehead atoms. The molecule has 1 rings (SSSR count). The van der Waals surface area contributed by atoms with Crippen molar-refractivity contribution in [2.75, 3.05) is 0 Å². The summed E-state index contributed by atoms with van der Waals surface area (Å²) in [5.41, 5.74) is 5.34. The quantitative estimate of drug-likeness (QED) is 0.657. The van der Waals surface area contributed by atoms with E-state index >= 15 is 0 Å². The Kier molecular flexibility index (Phi) is 4.60. The van der Waals surface area contributed by atoms with Gasteiger partial charge in [-0.25, -0.2) is 9.78 Å². The van der Waals surface area contributed by atoms with Crippen LogP contribution in [0.5, 0.6) is 0 Å². The molecule has 1 amide bonds. The van der Waals surface area contributed by atoms with Crippen LogP contribution in [0.3, 0.4) is 0 Å². The van der Waals surface area contributed by atoms with Crippen LogP contribution < -0.4 is 5.73 Å². The first-order valence-corrected chi connectivity index (χ1v) is 6.49. The molecule has 0 radical (unpaired) electrons. The molecule has 0 aliphatic rings. The van der Waals surface area contributed by atoms with Gasteiger partial charge in [-0.05, 0) is 48.1 Å². The lowest BCUT2D eigenvalue weighted by atomic mass is 9.87. The molecule has 0 aromatic carbocycles. The molecule has 0 saturated carbocycles. The summed E-state index contributed by atoms with van der Waals surface area (Å²) < 4.78 is 6.10. The van der Waals surface area contributed by atoms with Gasteiger partial charge >= 0.3 is 6.09 Å². The van der Waals surface area contributed by atoms with Crippen molar-refractivity contribution >= 4 is 40.3 Å². The van der Waals surface area contributed by atoms with Crippen molar-refractivity contribution < 1.29 is 9.53 Å². The summed E-state index contributed by atoms with van der Waals surface area (Å²) in [5, 5.41) is 0.443. The van der Waals surface area contributed by atoms with Crippen molar-refractivity contribution in [2.24, 2.45) is 5.73 Å². The molecular formula is C11H14ClIN2O2. The number of nitrogens with two attached hydrogens (primary N) is 1. The summed E-state index contributed by atoms with van der Waals surface area (Å²) in [5.74, 6) is -0.0355. The van der Waals surface area contributed by atoms with E-state index in [9.17, 15) is 4.79 Å². The van der Waals surface area contributed by atoms with Crippen LogP contribution >= 0.6 is 34.2 Å². The van der Waals surface area contributed by atoms with Crippen LogP contribution in [0.25, 0.3) is 0 Å². The van der Waals surface area contributed by atoms with Gasteiger partial charge in [0.05, 0.1) is 0 Å². The zero-order valence-electron chi connectivity index (χ0n) is 9.83. The van der Waals surface area contributed by atoms with Crippen LogP contribution in [0, 0.1) is 3.57 Å². The summed E-state index contributed by atoms with van der Waals surface area (Å²) in [7, 11) is 0. The van der Waals surface area contributed by atoms with E-state index in [2.05, 4.69) is 27.6 Å². The molecule has 1 heterocycles. The van der Waals surface area contributed by atoms with Gasteiger partial charge in [0.2, 0.25) is 0 Å². The standard InChI is InChI=1S/C11H14ClIN2O2/c1-6(11(2,3)17-10(14)16)7-5-15-9(12)4-8(7)13/h4-6H,1-3H3,(H2,14,16). The number of amides is 1. The van der Waals surface area contributed by atoms with E-state index in [1.54, 1.807) is 12.3 Å². The maximum Gasteiger partial charge on any atom is 0.405 e. The number of nitrogens with zero attached hydrogens (tertiary/aromatic N) is 1. The third-order valence-electron chi connectivity index (χ3n) is 2.72. The third-order valence-corrected chi connectivity index (χ3v) is 3.86. The number of hydrogen-bond acceptors (Lipinski definition) is 3. The Morgan fingerprint density at radius 3 is 2.71 bits per heavy atom. The normalized spacial score (nSPS) is 13.2. The van der Waals surface area contributed by atoms with Gasteiger partial charge < -0.3 is 10.5 Å². The number of hydrogen-bond donors (Lipinski definition) is 1. The van der Waals surface area contributed by atoms with E-state index in [0.29, 0.717) is 5.15 Å². The molecular weight excluding hydrogens is 354 g/mol. The minimum absolute atomic E-state index is 0.0355. The summed E-state index contributed by atoms with van der Waals surface area (Å²) >= 11 is 7.98. The van der Waals surface area contributed by atoms with E-state index in [-0.39, 0.29) is 5.92 Å². The largest absolute Gasteiger partial charge is 0.443 e. The molecule has 6 heteroatoms. The van der Waals surface area contributed by atoms with E-state index < -0.39 is 11.7 Å². The fraction of sp³-hybridized carbons (Fsp3) is 0.455. The first-order valence-electron chi connectivity index (χ1n) is 5.03. The van der Waals surface area contributed by atoms with Crippen LogP contribution in [0.4, 0.5) is 4.79 Å². The Labute approximate surface area is 119 Å². The fourth-order valence-corrected chi connectivity index (χ4v) is 2.70. The molecule has 1 aromatic rings. The molecule has 17 heavy (non-hydrogen) atoms. The van der Waals surface area contributed by atoms with Crippen molar-refractivity contribution in [2.45, 2.75) is 32.3 Å². The number of rotatable bonds is 3. The number of aromatic nitrogens is 1. The Morgan fingerprint density at radius 2 is 2.24 bits per heavy atom. The Hall–Kier alpha value is -0.560. The molecule has 0 fully saturated rings. The van der Waals surface area contributed by atoms with Crippen LogP contribution in [-0.2, 0) is 4.74 Å². The predicted molar refractivity (Wildman–Crippen MR) is 75.1 cm³/mol. The maximum atomic E-state index is 10.9. The van der Waals surface area contributed by atoms with Crippen molar-refractivity contribution in [1.29, 1.82) is 0 Å². The van der Waals surface area contributed by atoms with E-state index in [1.165, 1.54) is 0 Å². The number of primary amides is 1. The number of pyridine rings is 1. The molecule has 1 atom stereocenters. The van der Waals surface area contributed by atoms with Crippen molar-refractivity contribution in [3.05, 3.63) is 26.5 Å². The van der Waals surface area contributed by atoms with Crippen molar-refractivity contribution in [3.8, 4) is 0 Å². The highest BCUT2D eigenvalue weighted by Crippen LogP contribution is 2.33. The topological polar surface area (TPSA) is 65.2 Å². The Balaban J connectivity index is 3.03. The van der Waals surface area contributed by atoms with Crippen LogP contribution in [0.2, 0.25) is 5.15 Å². The highest BCUT2D eigenvalue weighted by atomic mass is 127. The number of carbonyl (C=O) groups is 1. The van der Waals surface area contributed by atoms with Gasteiger partial charge in [-0.3, -0.25) is 0 Å². The average Bonchev–Trinajstić information content (AvgIpc) is 2.14. The van der Waals surface area contributed by atoms with Gasteiger partial charge in [-0.1, -0.05) is 18.5 Å². The zero-order chi connectivity index (χ0) is 13.2. The predicted octanol–water partition coefficient (Wildman–Crippen LogP) is 3.32. The molecule has 4 nitrogen and oxygen atoms in total. The van der Waals surface area contributed by atoms with Crippen molar-refractivity contribution in [1.82, 2.24) is 4.98 Å². The van der Waals surface area contributed by atoms with Gasteiger partial charge in [-0.2, -0.15) is 0 Å². The molecule has 1 unspecified atom stereocenters. The van der Waals surface area contributed by atoms with Gasteiger partial charge in [0.25, 0.3) is 0 Å². The molecule has 1 aromatic heterocycles. The second kappa shape index (κ2) is 5.39. The van der Waals surface area contributed by atoms with Gasteiger partial charge in [-0.15, -0.1) is 0 Å². The van der Waals surface area contributed by atoms with E-state index in [0.717, 1.165) is 9.13 Å². The lowest BCUT2D eigenvalue weighted by molar-refractivity contribution is 0.0279. The van der Waals surface area contributed by atoms with Gasteiger partial charge in [0, 0.05) is 15.7 Å². The fourth-order valence-electron chi connectivity index (χ4n) is 1.46. The smallest absolute Gasteiger partial charge is 0.405 e. The van der Waals surface area contributed by atoms with Gasteiger partial charge in [0.15, 0.2) is 0 Å². The summed E-state index contributed by atoms with van der Waals surface area (Å²) in [6.45, 7) is 5.58. The third kappa shape index (κ3) is 3.70. The summed E-state index contributed by atoms with van der Waals surface area (Å²) in [4.78, 5) is 14.9. The van der Waals surface area contributed by atoms with Crippen LogP contribution in [-0.4, -0.2) is 16.7 Å². The Bertz CT molecular complexity index is 437. The molecule has 0 spiro atoms. The van der Waals surface area contributed by atoms with E-state index in [1.807, 2.05) is 20.8 Å². The highest BCUT2D eigenvalue weighted by Gasteiger charge is 2.32. The number of carbonyl (C=O) groups excluding carboxylic acids is 1. The maximum absolute atomic E-state index is 10.9. The first kappa shape index (κ1) is 14.5. The second-order valence-electron chi connectivity index (χ2n) is 4.27. The molecule has 0 saturated heterocycles. The van der Waals surface area contributed by atoms with E-state index in [4.69, 9.17) is 22.1 Å². The minimum Gasteiger partial charge on any atom is -0.443 e. The summed E-state index contributed by atoms with van der Waals surface area (Å²) in [6, 6.07) is 1.77. The number of halogens is 2. The average molecular weight is 369 g/mol. The second-order valence-corrected chi connectivity index (χ2v) is 5.82. The summed E-state index contributed by atoms with van der Waals surface area (Å²) in [6.07, 6.45) is 0.916. The Morgan fingerprint density at radius 1 is 1.65 bits per heavy atom. The molecule has 94 valence electrons. The lowest BCUT2D eigenvalue weighted by Crippen LogP contribution is -2.36. The monoisotopic (exact) mass is 368 g/mol. The first-order chi connectivity index (χ1) is 7.74. The van der Waals surface area contributed by atoms with Crippen LogP contribution in [0.15, 0.2) is 12.3 Å². The zero-order valence-corrected chi connectivity index (χ0v) is 12.7. The molecule has 0 aliphatic heterocycles. The number of ether oxygens (including phenoxy) is 1.